The first-order valence-corrected chi connectivity index (χ1v) is 7.44. The molecule has 1 aliphatic carbocycles. The van der Waals surface area contributed by atoms with E-state index >= 15 is 0 Å². The molecule has 1 saturated carbocycles. The predicted octanol–water partition coefficient (Wildman–Crippen LogP) is 3.93. The summed E-state index contributed by atoms with van der Waals surface area (Å²) in [6, 6.07) is 8.93. The van der Waals surface area contributed by atoms with Crippen molar-refractivity contribution in [2.24, 2.45) is 4.99 Å². The standard InChI is InChI=1S/C18H20N2/c1-4-17-12-18(17,15-8-5-13(2)6-9-15)19-16-10-7-14(3)11-20(16)17/h5-11H,4,12H2,1-3H3. The van der Waals surface area contributed by atoms with E-state index in [1.54, 1.807) is 0 Å². The molecule has 1 aromatic rings. The summed E-state index contributed by atoms with van der Waals surface area (Å²) in [5.41, 5.74) is 4.14. The van der Waals surface area contributed by atoms with Gasteiger partial charge in [-0.15, -0.1) is 0 Å². The summed E-state index contributed by atoms with van der Waals surface area (Å²) in [6.45, 7) is 6.58. The van der Waals surface area contributed by atoms with Gasteiger partial charge in [-0.3, -0.25) is 4.99 Å². The molecule has 4 rings (SSSR count). The molecule has 0 amide bonds. The van der Waals surface area contributed by atoms with Crippen molar-refractivity contribution in [3.63, 3.8) is 0 Å². The van der Waals surface area contributed by atoms with Gasteiger partial charge in [0.1, 0.15) is 11.4 Å². The molecule has 3 aliphatic rings. The molecule has 2 heterocycles. The van der Waals surface area contributed by atoms with Crippen LogP contribution in [0.5, 0.6) is 0 Å². The molecule has 102 valence electrons. The summed E-state index contributed by atoms with van der Waals surface area (Å²) in [4.78, 5) is 7.52. The Kier molecular flexibility index (Phi) is 2.17. The van der Waals surface area contributed by atoms with E-state index < -0.39 is 0 Å². The van der Waals surface area contributed by atoms with Crippen LogP contribution in [-0.4, -0.2) is 16.3 Å². The maximum Gasteiger partial charge on any atom is 0.129 e. The normalized spacial score (nSPS) is 33.5. The van der Waals surface area contributed by atoms with Gasteiger partial charge in [0.05, 0.1) is 5.54 Å². The van der Waals surface area contributed by atoms with Crippen LogP contribution in [0.15, 0.2) is 53.2 Å². The van der Waals surface area contributed by atoms with Crippen LogP contribution in [-0.2, 0) is 5.54 Å². The second-order valence-corrected chi connectivity index (χ2v) is 6.33. The Balaban J connectivity index is 1.83. The minimum Gasteiger partial charge on any atom is -0.324 e. The van der Waals surface area contributed by atoms with Gasteiger partial charge in [-0.05, 0) is 37.5 Å². The van der Waals surface area contributed by atoms with Crippen LogP contribution in [0.25, 0.3) is 0 Å². The highest BCUT2D eigenvalue weighted by molar-refractivity contribution is 5.99. The van der Waals surface area contributed by atoms with Crippen LogP contribution >= 0.6 is 0 Å². The number of aryl methyl sites for hydroxylation is 1. The molecule has 2 nitrogen and oxygen atoms in total. The van der Waals surface area contributed by atoms with E-state index in [2.05, 4.69) is 68.3 Å². The van der Waals surface area contributed by atoms with Crippen LogP contribution in [0.4, 0.5) is 0 Å². The highest BCUT2D eigenvalue weighted by atomic mass is 15.4. The Bertz CT molecular complexity index is 665. The number of rotatable bonds is 2. The summed E-state index contributed by atoms with van der Waals surface area (Å²) in [5.74, 6) is 1.13. The lowest BCUT2D eigenvalue weighted by atomic mass is 9.97. The van der Waals surface area contributed by atoms with Crippen LogP contribution in [0.1, 0.15) is 37.8 Å². The number of amidine groups is 1. The first-order chi connectivity index (χ1) is 9.61. The molecule has 2 atom stereocenters. The van der Waals surface area contributed by atoms with Crippen molar-refractivity contribution >= 4 is 5.84 Å². The zero-order valence-electron chi connectivity index (χ0n) is 12.4. The average molecular weight is 264 g/mol. The Morgan fingerprint density at radius 2 is 1.90 bits per heavy atom. The number of benzene rings is 1. The monoisotopic (exact) mass is 264 g/mol. The number of hydrogen-bond donors (Lipinski definition) is 0. The number of hydrogen-bond acceptors (Lipinski definition) is 2. The average Bonchev–Trinajstić information content (AvgIpc) is 3.04. The molecule has 0 aromatic heterocycles. The van der Waals surface area contributed by atoms with Crippen LogP contribution in [0, 0.1) is 6.92 Å². The number of nitrogens with zero attached hydrogens (tertiary/aromatic N) is 2. The molecule has 0 spiro atoms. The SMILES string of the molecule is CCC12CC1(c1ccc(C)cc1)N=C1C=CC(C)=CN12. The molecule has 1 aromatic carbocycles. The van der Waals surface area contributed by atoms with E-state index in [9.17, 15) is 0 Å². The summed E-state index contributed by atoms with van der Waals surface area (Å²) < 4.78 is 0. The molecule has 1 fully saturated rings. The van der Waals surface area contributed by atoms with Gasteiger partial charge >= 0.3 is 0 Å². The Labute approximate surface area is 120 Å². The van der Waals surface area contributed by atoms with Crippen molar-refractivity contribution in [2.75, 3.05) is 0 Å². The van der Waals surface area contributed by atoms with E-state index in [4.69, 9.17) is 4.99 Å². The summed E-state index contributed by atoms with van der Waals surface area (Å²) in [6.07, 6.45) is 8.86. The van der Waals surface area contributed by atoms with Crippen LogP contribution in [0.3, 0.4) is 0 Å². The van der Waals surface area contributed by atoms with E-state index in [0.717, 1.165) is 18.7 Å². The highest BCUT2D eigenvalue weighted by Crippen LogP contribution is 2.67. The third-order valence-corrected chi connectivity index (χ3v) is 5.15. The lowest BCUT2D eigenvalue weighted by molar-refractivity contribution is 0.348. The molecule has 0 N–H and O–H groups in total. The van der Waals surface area contributed by atoms with Crippen molar-refractivity contribution < 1.29 is 0 Å². The molecule has 0 bridgehead atoms. The summed E-state index contributed by atoms with van der Waals surface area (Å²) in [5, 5.41) is 0. The van der Waals surface area contributed by atoms with E-state index in [-0.39, 0.29) is 11.1 Å². The maximum atomic E-state index is 5.10. The van der Waals surface area contributed by atoms with E-state index in [1.807, 2.05) is 0 Å². The van der Waals surface area contributed by atoms with Crippen molar-refractivity contribution in [3.05, 3.63) is 59.3 Å². The van der Waals surface area contributed by atoms with E-state index in [0.29, 0.717) is 0 Å². The van der Waals surface area contributed by atoms with Gasteiger partial charge in [-0.1, -0.05) is 42.8 Å². The zero-order chi connectivity index (χ0) is 14.0. The van der Waals surface area contributed by atoms with Gasteiger partial charge < -0.3 is 4.90 Å². The molecule has 2 unspecified atom stereocenters. The second kappa shape index (κ2) is 3.63. The van der Waals surface area contributed by atoms with Crippen molar-refractivity contribution in [3.8, 4) is 0 Å². The fourth-order valence-electron chi connectivity index (χ4n) is 3.89. The fraction of sp³-hybridized carbons (Fsp3) is 0.389. The largest absolute Gasteiger partial charge is 0.324 e. The molecule has 20 heavy (non-hydrogen) atoms. The Morgan fingerprint density at radius 1 is 1.15 bits per heavy atom. The van der Waals surface area contributed by atoms with Crippen LogP contribution in [0.2, 0.25) is 0 Å². The minimum absolute atomic E-state index is 0.0176. The van der Waals surface area contributed by atoms with Gasteiger partial charge in [0, 0.05) is 12.6 Å². The fourth-order valence-corrected chi connectivity index (χ4v) is 3.89. The smallest absolute Gasteiger partial charge is 0.129 e. The van der Waals surface area contributed by atoms with Gasteiger partial charge in [-0.25, -0.2) is 0 Å². The van der Waals surface area contributed by atoms with Crippen molar-refractivity contribution in [1.29, 1.82) is 0 Å². The van der Waals surface area contributed by atoms with E-state index in [1.165, 1.54) is 16.7 Å². The quantitative estimate of drug-likeness (QED) is 0.790. The molecular weight excluding hydrogens is 244 g/mol. The number of fused-ring (bicyclic) bond motifs is 3. The lowest BCUT2D eigenvalue weighted by Crippen LogP contribution is -2.37. The highest BCUT2D eigenvalue weighted by Gasteiger charge is 2.74. The topological polar surface area (TPSA) is 15.6 Å². The first kappa shape index (κ1) is 12.0. The molecule has 2 heteroatoms. The van der Waals surface area contributed by atoms with Gasteiger partial charge in [0.15, 0.2) is 0 Å². The molecule has 0 radical (unpaired) electrons. The Morgan fingerprint density at radius 3 is 2.60 bits per heavy atom. The molecular formula is C18H20N2. The first-order valence-electron chi connectivity index (χ1n) is 7.44. The predicted molar refractivity (Wildman–Crippen MR) is 82.7 cm³/mol. The van der Waals surface area contributed by atoms with Crippen LogP contribution < -0.4 is 0 Å². The third kappa shape index (κ3) is 1.27. The summed E-state index contributed by atoms with van der Waals surface area (Å²) >= 11 is 0. The summed E-state index contributed by atoms with van der Waals surface area (Å²) in [7, 11) is 0. The van der Waals surface area contributed by atoms with Crippen molar-refractivity contribution in [1.82, 2.24) is 4.90 Å². The number of allylic oxidation sites excluding steroid dienone is 2. The second-order valence-electron chi connectivity index (χ2n) is 6.33. The van der Waals surface area contributed by atoms with Crippen molar-refractivity contribution in [2.45, 2.75) is 44.7 Å². The van der Waals surface area contributed by atoms with Gasteiger partial charge in [0.2, 0.25) is 0 Å². The Hall–Kier alpha value is -1.83. The number of aliphatic imine (C=N–C) groups is 1. The van der Waals surface area contributed by atoms with Gasteiger partial charge in [0.25, 0.3) is 0 Å². The molecule has 2 aliphatic heterocycles. The lowest BCUT2D eigenvalue weighted by Gasteiger charge is -2.29. The van der Waals surface area contributed by atoms with Gasteiger partial charge in [-0.2, -0.15) is 0 Å². The minimum atomic E-state index is -0.0176. The molecule has 0 saturated heterocycles. The third-order valence-electron chi connectivity index (χ3n) is 5.15. The zero-order valence-corrected chi connectivity index (χ0v) is 12.4. The maximum absolute atomic E-state index is 5.10.